The van der Waals surface area contributed by atoms with Crippen molar-refractivity contribution in [3.8, 4) is 5.88 Å². The van der Waals surface area contributed by atoms with Crippen LogP contribution >= 0.6 is 0 Å². The molecule has 31 heavy (non-hydrogen) atoms. The Kier molecular flexibility index (Phi) is 5.71. The number of fused-ring (bicyclic) bond motifs is 1. The van der Waals surface area contributed by atoms with E-state index in [-0.39, 0.29) is 30.5 Å². The molecule has 7 nitrogen and oxygen atoms in total. The number of amides is 1. The van der Waals surface area contributed by atoms with E-state index in [0.29, 0.717) is 36.8 Å². The number of benzene rings is 1. The van der Waals surface area contributed by atoms with Crippen molar-refractivity contribution in [2.24, 2.45) is 0 Å². The minimum absolute atomic E-state index is 0.0678. The van der Waals surface area contributed by atoms with Gasteiger partial charge in [0.05, 0.1) is 11.1 Å². The Morgan fingerprint density at radius 3 is 2.58 bits per heavy atom. The Hall–Kier alpha value is -3.30. The minimum atomic E-state index is -4.43. The molecule has 3 aromatic rings. The van der Waals surface area contributed by atoms with Crippen LogP contribution in [0.3, 0.4) is 0 Å². The highest BCUT2D eigenvalue weighted by Gasteiger charge is 2.31. The quantitative estimate of drug-likeness (QED) is 0.663. The Bertz CT molecular complexity index is 1110. The van der Waals surface area contributed by atoms with Gasteiger partial charge in [0.25, 0.3) is 0 Å². The molecule has 2 heterocycles. The summed E-state index contributed by atoms with van der Waals surface area (Å²) in [6, 6.07) is 8.97. The van der Waals surface area contributed by atoms with Gasteiger partial charge in [-0.3, -0.25) is 9.36 Å². The van der Waals surface area contributed by atoms with Gasteiger partial charge in [-0.15, -0.1) is 0 Å². The van der Waals surface area contributed by atoms with Gasteiger partial charge in [-0.2, -0.15) is 13.2 Å². The Morgan fingerprint density at radius 1 is 1.16 bits per heavy atom. The summed E-state index contributed by atoms with van der Waals surface area (Å²) in [5.41, 5.74) is 0.161. The molecule has 10 heteroatoms. The van der Waals surface area contributed by atoms with Crippen LogP contribution in [-0.2, 0) is 17.5 Å². The molecular weight excluding hydrogens is 415 g/mol. The summed E-state index contributed by atoms with van der Waals surface area (Å²) in [6.45, 7) is -0.137. The van der Waals surface area contributed by atoms with E-state index in [1.807, 2.05) is 0 Å². The Morgan fingerprint density at radius 2 is 1.90 bits per heavy atom. The molecule has 1 fully saturated rings. The van der Waals surface area contributed by atoms with Crippen LogP contribution in [0.5, 0.6) is 5.88 Å². The molecule has 0 saturated heterocycles. The summed E-state index contributed by atoms with van der Waals surface area (Å²) >= 11 is 0. The van der Waals surface area contributed by atoms with Crippen LogP contribution in [0.1, 0.15) is 31.2 Å². The Balaban J connectivity index is 1.27. The first-order chi connectivity index (χ1) is 14.8. The number of ether oxygens (including phenoxy) is 1. The van der Waals surface area contributed by atoms with Gasteiger partial charge in [-0.05, 0) is 43.9 Å². The van der Waals surface area contributed by atoms with Gasteiger partial charge >= 0.3 is 11.9 Å². The van der Waals surface area contributed by atoms with Gasteiger partial charge in [-0.25, -0.2) is 9.78 Å². The first-order valence-corrected chi connectivity index (χ1v) is 9.87. The van der Waals surface area contributed by atoms with Crippen LogP contribution in [0.25, 0.3) is 11.1 Å². The molecule has 1 aromatic carbocycles. The number of carbonyl (C=O) groups excluding carboxylic acids is 1. The van der Waals surface area contributed by atoms with E-state index in [0.717, 1.165) is 12.3 Å². The number of pyridine rings is 1. The third-order valence-corrected chi connectivity index (χ3v) is 5.27. The fourth-order valence-electron chi connectivity index (χ4n) is 3.69. The fourth-order valence-corrected chi connectivity index (χ4v) is 3.69. The molecular formula is C21H20F3N3O4. The van der Waals surface area contributed by atoms with E-state index in [1.54, 1.807) is 24.3 Å². The number of nitrogens with one attached hydrogen (secondary N) is 1. The van der Waals surface area contributed by atoms with Gasteiger partial charge in [0.1, 0.15) is 12.6 Å². The zero-order chi connectivity index (χ0) is 22.0. The number of alkyl halides is 3. The van der Waals surface area contributed by atoms with Gasteiger partial charge in [0.15, 0.2) is 5.58 Å². The summed E-state index contributed by atoms with van der Waals surface area (Å²) in [7, 11) is 0. The monoisotopic (exact) mass is 435 g/mol. The molecule has 2 aromatic heterocycles. The highest BCUT2D eigenvalue weighted by Crippen LogP contribution is 2.30. The van der Waals surface area contributed by atoms with Crippen molar-refractivity contribution in [3.63, 3.8) is 0 Å². The lowest BCUT2D eigenvalue weighted by Gasteiger charge is -2.29. The van der Waals surface area contributed by atoms with Crippen molar-refractivity contribution in [3.05, 3.63) is 58.7 Å². The highest BCUT2D eigenvalue weighted by molar-refractivity contribution is 5.79. The standard InChI is InChI=1S/C21H20F3N3O4/c22-21(23,24)13-5-10-19(25-11-13)30-15-8-6-14(7-9-15)26-18(28)12-27-16-3-1-2-4-17(16)31-20(27)29/h1-5,10-11,14-15H,6-9,12H2,(H,26,28). The maximum atomic E-state index is 12.6. The maximum Gasteiger partial charge on any atom is 0.420 e. The number of carbonyl (C=O) groups is 1. The molecule has 1 saturated carbocycles. The minimum Gasteiger partial charge on any atom is -0.474 e. The molecule has 0 bridgehead atoms. The molecule has 164 valence electrons. The molecule has 0 radical (unpaired) electrons. The topological polar surface area (TPSA) is 86.4 Å². The molecule has 0 atom stereocenters. The van der Waals surface area contributed by atoms with E-state index in [2.05, 4.69) is 10.3 Å². The maximum absolute atomic E-state index is 12.6. The van der Waals surface area contributed by atoms with Gasteiger partial charge in [0, 0.05) is 18.3 Å². The van der Waals surface area contributed by atoms with Gasteiger partial charge < -0.3 is 14.5 Å². The zero-order valence-electron chi connectivity index (χ0n) is 16.4. The molecule has 0 unspecified atom stereocenters. The number of nitrogens with zero attached hydrogens (tertiary/aromatic N) is 2. The number of aromatic nitrogens is 2. The van der Waals surface area contributed by atoms with Crippen molar-refractivity contribution < 1.29 is 27.1 Å². The van der Waals surface area contributed by atoms with Crippen molar-refractivity contribution in [1.82, 2.24) is 14.9 Å². The summed E-state index contributed by atoms with van der Waals surface area (Å²) in [5.74, 6) is -0.730. The van der Waals surface area contributed by atoms with Crippen LogP contribution < -0.4 is 15.8 Å². The number of para-hydroxylation sites is 2. The molecule has 1 aliphatic carbocycles. The Labute approximate surface area is 174 Å². The third-order valence-electron chi connectivity index (χ3n) is 5.27. The fraction of sp³-hybridized carbons (Fsp3) is 0.381. The highest BCUT2D eigenvalue weighted by atomic mass is 19.4. The SMILES string of the molecule is O=C(Cn1c(=O)oc2ccccc21)NC1CCC(Oc2ccc(C(F)(F)F)cn2)CC1. The van der Waals surface area contributed by atoms with Gasteiger partial charge in [-0.1, -0.05) is 12.1 Å². The van der Waals surface area contributed by atoms with Crippen LogP contribution in [0.15, 0.2) is 51.8 Å². The van der Waals surface area contributed by atoms with Crippen LogP contribution in [0.4, 0.5) is 13.2 Å². The molecule has 1 aliphatic rings. The lowest BCUT2D eigenvalue weighted by molar-refractivity contribution is -0.137. The lowest BCUT2D eigenvalue weighted by Crippen LogP contribution is -2.41. The van der Waals surface area contributed by atoms with E-state index in [1.165, 1.54) is 10.6 Å². The molecule has 1 amide bonds. The van der Waals surface area contributed by atoms with Crippen molar-refractivity contribution >= 4 is 17.0 Å². The number of oxazole rings is 1. The lowest BCUT2D eigenvalue weighted by atomic mass is 9.93. The van der Waals surface area contributed by atoms with Crippen molar-refractivity contribution in [2.75, 3.05) is 0 Å². The zero-order valence-corrected chi connectivity index (χ0v) is 16.4. The number of halogens is 3. The van der Waals surface area contributed by atoms with Crippen LogP contribution in [0.2, 0.25) is 0 Å². The average Bonchev–Trinajstić information content (AvgIpc) is 3.04. The van der Waals surface area contributed by atoms with E-state index in [9.17, 15) is 22.8 Å². The summed E-state index contributed by atoms with van der Waals surface area (Å²) in [5, 5.41) is 2.92. The molecule has 1 N–H and O–H groups in total. The predicted octanol–water partition coefficient (Wildman–Crippen LogP) is 3.51. The largest absolute Gasteiger partial charge is 0.474 e. The number of rotatable bonds is 5. The molecule has 0 aliphatic heterocycles. The van der Waals surface area contributed by atoms with E-state index < -0.39 is 17.5 Å². The number of hydrogen-bond acceptors (Lipinski definition) is 5. The second-order valence-electron chi connectivity index (χ2n) is 7.46. The second kappa shape index (κ2) is 8.44. The first-order valence-electron chi connectivity index (χ1n) is 9.87. The van der Waals surface area contributed by atoms with Crippen molar-refractivity contribution in [2.45, 2.75) is 50.6 Å². The summed E-state index contributed by atoms with van der Waals surface area (Å²) < 4.78 is 49.9. The van der Waals surface area contributed by atoms with Gasteiger partial charge in [0.2, 0.25) is 11.8 Å². The predicted molar refractivity (Wildman–Crippen MR) is 105 cm³/mol. The van der Waals surface area contributed by atoms with E-state index >= 15 is 0 Å². The average molecular weight is 435 g/mol. The normalized spacial score (nSPS) is 19.3. The summed E-state index contributed by atoms with van der Waals surface area (Å²) in [4.78, 5) is 28.1. The summed E-state index contributed by atoms with van der Waals surface area (Å²) in [6.07, 6.45) is -1.31. The third kappa shape index (κ3) is 4.89. The number of hydrogen-bond donors (Lipinski definition) is 1. The van der Waals surface area contributed by atoms with E-state index in [4.69, 9.17) is 9.15 Å². The molecule has 4 rings (SSSR count). The molecule has 0 spiro atoms. The second-order valence-corrected chi connectivity index (χ2v) is 7.46. The van der Waals surface area contributed by atoms with Crippen LogP contribution in [-0.4, -0.2) is 27.6 Å². The van der Waals surface area contributed by atoms with Crippen LogP contribution in [0, 0.1) is 0 Å². The smallest absolute Gasteiger partial charge is 0.420 e. The van der Waals surface area contributed by atoms with Crippen molar-refractivity contribution in [1.29, 1.82) is 0 Å². The first kappa shape index (κ1) is 21.0.